The van der Waals surface area contributed by atoms with E-state index in [0.717, 1.165) is 74.7 Å². The van der Waals surface area contributed by atoms with Crippen LogP contribution in [0.3, 0.4) is 0 Å². The number of benzene rings is 1. The van der Waals surface area contributed by atoms with Crippen molar-refractivity contribution in [3.8, 4) is 5.75 Å². The molecule has 9 nitrogen and oxygen atoms in total. The van der Waals surface area contributed by atoms with Gasteiger partial charge >= 0.3 is 0 Å². The summed E-state index contributed by atoms with van der Waals surface area (Å²) >= 11 is 0. The van der Waals surface area contributed by atoms with Crippen molar-refractivity contribution in [2.75, 3.05) is 46.5 Å². The second kappa shape index (κ2) is 13.5. The number of ether oxygens (including phenoxy) is 2. The second-order valence-corrected chi connectivity index (χ2v) is 7.33. The first-order valence-electron chi connectivity index (χ1n) is 10.5. The third-order valence-electron chi connectivity index (χ3n) is 5.20. The maximum atomic E-state index is 5.41. The van der Waals surface area contributed by atoms with Crippen molar-refractivity contribution in [1.29, 1.82) is 0 Å². The topological polar surface area (TPSA) is 88.8 Å². The van der Waals surface area contributed by atoms with E-state index in [0.29, 0.717) is 13.1 Å². The lowest BCUT2D eigenvalue weighted by atomic mass is 10.2. The standard InChI is InChI=1S/C21H33N7O2.HI/c1-17-25-26-20(27(17)2)16-24-21(22-8-5-9-28-10-12-30-13-11-28)23-15-18-6-4-7-19(14-18)29-3;/h4,6-7,14H,5,8-13,15-16H2,1-3H3,(H2,22,23,24);1H. The van der Waals surface area contributed by atoms with Gasteiger partial charge in [-0.15, -0.1) is 34.2 Å². The van der Waals surface area contributed by atoms with Gasteiger partial charge in [-0.2, -0.15) is 0 Å². The first kappa shape index (κ1) is 25.3. The number of nitrogens with one attached hydrogen (secondary N) is 2. The molecule has 0 bridgehead atoms. The summed E-state index contributed by atoms with van der Waals surface area (Å²) < 4.78 is 12.7. The summed E-state index contributed by atoms with van der Waals surface area (Å²) in [6, 6.07) is 7.97. The lowest BCUT2D eigenvalue weighted by Crippen LogP contribution is -2.40. The first-order valence-corrected chi connectivity index (χ1v) is 10.5. The molecule has 0 aliphatic carbocycles. The number of aromatic nitrogens is 3. The van der Waals surface area contributed by atoms with Crippen molar-refractivity contribution >= 4 is 29.9 Å². The van der Waals surface area contributed by atoms with Gasteiger partial charge in [-0.05, 0) is 37.6 Å². The molecule has 10 heteroatoms. The molecule has 0 saturated carbocycles. The minimum absolute atomic E-state index is 0. The average Bonchev–Trinajstić information content (AvgIpc) is 3.11. The van der Waals surface area contributed by atoms with Crippen LogP contribution in [0, 0.1) is 6.92 Å². The Labute approximate surface area is 201 Å². The van der Waals surface area contributed by atoms with Crippen molar-refractivity contribution in [3.05, 3.63) is 41.5 Å². The van der Waals surface area contributed by atoms with Crippen LogP contribution in [0.2, 0.25) is 0 Å². The lowest BCUT2D eigenvalue weighted by Gasteiger charge is -2.26. The number of halogens is 1. The summed E-state index contributed by atoms with van der Waals surface area (Å²) in [6.07, 6.45) is 1.04. The van der Waals surface area contributed by atoms with Crippen LogP contribution in [-0.2, 0) is 24.9 Å². The number of aliphatic imine (C=N–C) groups is 1. The Morgan fingerprint density at radius 3 is 2.74 bits per heavy atom. The normalized spacial score (nSPS) is 14.7. The number of aryl methyl sites for hydroxylation is 1. The zero-order valence-corrected chi connectivity index (χ0v) is 21.0. The maximum absolute atomic E-state index is 5.41. The molecule has 1 fully saturated rings. The maximum Gasteiger partial charge on any atom is 0.191 e. The molecule has 0 unspecified atom stereocenters. The summed E-state index contributed by atoms with van der Waals surface area (Å²) in [5.74, 6) is 3.36. The minimum Gasteiger partial charge on any atom is -0.497 e. The third-order valence-corrected chi connectivity index (χ3v) is 5.20. The largest absolute Gasteiger partial charge is 0.497 e. The lowest BCUT2D eigenvalue weighted by molar-refractivity contribution is 0.0376. The van der Waals surface area contributed by atoms with Crippen LogP contribution in [0.25, 0.3) is 0 Å². The van der Waals surface area contributed by atoms with Gasteiger partial charge in [0.05, 0.1) is 33.4 Å². The molecule has 1 aliphatic rings. The number of morpholine rings is 1. The van der Waals surface area contributed by atoms with E-state index < -0.39 is 0 Å². The number of rotatable bonds is 9. The molecule has 3 rings (SSSR count). The molecule has 1 aromatic heterocycles. The molecule has 31 heavy (non-hydrogen) atoms. The molecule has 2 heterocycles. The van der Waals surface area contributed by atoms with Crippen molar-refractivity contribution in [2.24, 2.45) is 12.0 Å². The predicted octanol–water partition coefficient (Wildman–Crippen LogP) is 1.71. The van der Waals surface area contributed by atoms with E-state index in [1.807, 2.05) is 42.8 Å². The van der Waals surface area contributed by atoms with Crippen LogP contribution in [0.15, 0.2) is 29.3 Å². The van der Waals surface area contributed by atoms with E-state index >= 15 is 0 Å². The fourth-order valence-corrected chi connectivity index (χ4v) is 3.22. The Kier molecular flexibility index (Phi) is 11.0. The molecule has 2 aromatic rings. The summed E-state index contributed by atoms with van der Waals surface area (Å²) in [5.41, 5.74) is 1.10. The van der Waals surface area contributed by atoms with Crippen LogP contribution in [0.4, 0.5) is 0 Å². The van der Waals surface area contributed by atoms with Crippen LogP contribution in [0.1, 0.15) is 23.6 Å². The fraction of sp³-hybridized carbons (Fsp3) is 0.571. The molecular formula is C21H34IN7O2. The van der Waals surface area contributed by atoms with E-state index in [9.17, 15) is 0 Å². The van der Waals surface area contributed by atoms with Crippen LogP contribution >= 0.6 is 24.0 Å². The Morgan fingerprint density at radius 1 is 1.23 bits per heavy atom. The molecule has 1 aromatic carbocycles. The number of guanidine groups is 1. The Bertz CT molecular complexity index is 822. The Balaban J connectivity index is 0.00000341. The molecule has 172 valence electrons. The van der Waals surface area contributed by atoms with Gasteiger partial charge in [0.25, 0.3) is 0 Å². The summed E-state index contributed by atoms with van der Waals surface area (Å²) in [7, 11) is 3.64. The van der Waals surface area contributed by atoms with Crippen LogP contribution in [0.5, 0.6) is 5.75 Å². The monoisotopic (exact) mass is 543 g/mol. The van der Waals surface area contributed by atoms with E-state index in [-0.39, 0.29) is 24.0 Å². The number of methoxy groups -OCH3 is 1. The molecule has 2 N–H and O–H groups in total. The third kappa shape index (κ3) is 8.26. The Hall–Kier alpha value is -1.92. The average molecular weight is 543 g/mol. The number of nitrogens with zero attached hydrogens (tertiary/aromatic N) is 5. The quantitative estimate of drug-likeness (QED) is 0.216. The zero-order chi connectivity index (χ0) is 21.2. The predicted molar refractivity (Wildman–Crippen MR) is 132 cm³/mol. The molecule has 0 amide bonds. The molecular weight excluding hydrogens is 509 g/mol. The van der Waals surface area contributed by atoms with Gasteiger partial charge in [-0.3, -0.25) is 4.90 Å². The highest BCUT2D eigenvalue weighted by atomic mass is 127. The van der Waals surface area contributed by atoms with Gasteiger partial charge in [-0.1, -0.05) is 12.1 Å². The SMILES string of the molecule is COc1cccc(CN=C(NCCCN2CCOCC2)NCc2nnc(C)n2C)c1.I. The van der Waals surface area contributed by atoms with Crippen molar-refractivity contribution in [1.82, 2.24) is 30.3 Å². The van der Waals surface area contributed by atoms with Gasteiger partial charge in [0, 0.05) is 26.7 Å². The highest BCUT2D eigenvalue weighted by Gasteiger charge is 2.10. The molecule has 1 saturated heterocycles. The smallest absolute Gasteiger partial charge is 0.191 e. The number of hydrogen-bond acceptors (Lipinski definition) is 6. The Morgan fingerprint density at radius 2 is 2.03 bits per heavy atom. The molecule has 0 radical (unpaired) electrons. The zero-order valence-electron chi connectivity index (χ0n) is 18.6. The van der Waals surface area contributed by atoms with E-state index in [2.05, 4.69) is 25.7 Å². The van der Waals surface area contributed by atoms with Gasteiger partial charge in [-0.25, -0.2) is 4.99 Å². The molecule has 1 aliphatic heterocycles. The second-order valence-electron chi connectivity index (χ2n) is 7.33. The first-order chi connectivity index (χ1) is 14.7. The van der Waals surface area contributed by atoms with Crippen molar-refractivity contribution < 1.29 is 9.47 Å². The van der Waals surface area contributed by atoms with Crippen molar-refractivity contribution in [2.45, 2.75) is 26.4 Å². The molecule has 0 atom stereocenters. The summed E-state index contributed by atoms with van der Waals surface area (Å²) in [4.78, 5) is 7.19. The summed E-state index contributed by atoms with van der Waals surface area (Å²) in [5, 5.41) is 15.2. The van der Waals surface area contributed by atoms with E-state index in [4.69, 9.17) is 14.5 Å². The van der Waals surface area contributed by atoms with E-state index in [1.54, 1.807) is 7.11 Å². The summed E-state index contributed by atoms with van der Waals surface area (Å²) in [6.45, 7) is 8.66. The van der Waals surface area contributed by atoms with Gasteiger partial charge in [0.15, 0.2) is 11.8 Å². The molecule has 0 spiro atoms. The fourth-order valence-electron chi connectivity index (χ4n) is 3.22. The van der Waals surface area contributed by atoms with Crippen molar-refractivity contribution in [3.63, 3.8) is 0 Å². The number of hydrogen-bond donors (Lipinski definition) is 2. The van der Waals surface area contributed by atoms with Gasteiger partial charge < -0.3 is 24.7 Å². The minimum atomic E-state index is 0. The van der Waals surface area contributed by atoms with Gasteiger partial charge in [0.1, 0.15) is 11.6 Å². The van der Waals surface area contributed by atoms with Crippen LogP contribution < -0.4 is 15.4 Å². The highest BCUT2D eigenvalue weighted by molar-refractivity contribution is 14.0. The highest BCUT2D eigenvalue weighted by Crippen LogP contribution is 2.13. The van der Waals surface area contributed by atoms with E-state index in [1.165, 1.54) is 0 Å². The van der Waals surface area contributed by atoms with Gasteiger partial charge in [0.2, 0.25) is 0 Å². The van der Waals surface area contributed by atoms with Crippen LogP contribution in [-0.4, -0.2) is 72.1 Å².